The molecule has 2 aromatic carbocycles. The minimum absolute atomic E-state index is 0.552. The number of nitrogens with one attached hydrogen (secondary N) is 2. The van der Waals surface area contributed by atoms with Crippen LogP contribution in [0.15, 0.2) is 85.2 Å². The summed E-state index contributed by atoms with van der Waals surface area (Å²) < 4.78 is 5.44. The quantitative estimate of drug-likeness (QED) is 0.446. The first-order chi connectivity index (χ1) is 14.8. The SMILES string of the molecule is COc1ccccc1CNc1nc(NCc2cccnc2)cc(-c2ccccc2)n1. The lowest BCUT2D eigenvalue weighted by atomic mass is 10.1. The maximum Gasteiger partial charge on any atom is 0.225 e. The summed E-state index contributed by atoms with van der Waals surface area (Å²) in [6.07, 6.45) is 3.61. The lowest BCUT2D eigenvalue weighted by Crippen LogP contribution is -2.08. The summed E-state index contributed by atoms with van der Waals surface area (Å²) in [6.45, 7) is 1.19. The average Bonchev–Trinajstić information content (AvgIpc) is 2.83. The second-order valence-electron chi connectivity index (χ2n) is 6.71. The molecule has 4 aromatic rings. The molecule has 2 N–H and O–H groups in total. The van der Waals surface area contributed by atoms with Crippen molar-refractivity contribution in [3.05, 3.63) is 96.3 Å². The van der Waals surface area contributed by atoms with Gasteiger partial charge in [0.15, 0.2) is 0 Å². The number of rotatable bonds is 8. The molecule has 0 unspecified atom stereocenters. The van der Waals surface area contributed by atoms with Crippen LogP contribution >= 0.6 is 0 Å². The van der Waals surface area contributed by atoms with E-state index in [-0.39, 0.29) is 0 Å². The summed E-state index contributed by atoms with van der Waals surface area (Å²) in [5.41, 5.74) is 4.01. The minimum atomic E-state index is 0.552. The van der Waals surface area contributed by atoms with E-state index >= 15 is 0 Å². The van der Waals surface area contributed by atoms with E-state index in [1.807, 2.05) is 79.0 Å². The minimum Gasteiger partial charge on any atom is -0.496 e. The van der Waals surface area contributed by atoms with Crippen LogP contribution in [-0.2, 0) is 13.1 Å². The molecule has 4 rings (SSSR count). The maximum absolute atomic E-state index is 5.44. The molecule has 6 nitrogen and oxygen atoms in total. The van der Waals surface area contributed by atoms with E-state index in [0.717, 1.165) is 34.0 Å². The Kier molecular flexibility index (Phi) is 6.15. The first kappa shape index (κ1) is 19.4. The normalized spacial score (nSPS) is 10.4. The molecule has 0 saturated heterocycles. The summed E-state index contributed by atoms with van der Waals surface area (Å²) in [6, 6.07) is 23.9. The molecule has 2 heterocycles. The van der Waals surface area contributed by atoms with Gasteiger partial charge < -0.3 is 15.4 Å². The monoisotopic (exact) mass is 397 g/mol. The highest BCUT2D eigenvalue weighted by Crippen LogP contribution is 2.23. The first-order valence-electron chi connectivity index (χ1n) is 9.75. The molecule has 0 aliphatic heterocycles. The Morgan fingerprint density at radius 3 is 2.47 bits per heavy atom. The first-order valence-corrected chi connectivity index (χ1v) is 9.75. The molecular formula is C24H23N5O. The van der Waals surface area contributed by atoms with E-state index < -0.39 is 0 Å². The van der Waals surface area contributed by atoms with Crippen molar-refractivity contribution < 1.29 is 4.74 Å². The Bertz CT molecular complexity index is 1090. The van der Waals surface area contributed by atoms with Gasteiger partial charge >= 0.3 is 0 Å². The van der Waals surface area contributed by atoms with Gasteiger partial charge in [-0.05, 0) is 17.7 Å². The molecule has 30 heavy (non-hydrogen) atoms. The molecule has 2 aromatic heterocycles. The number of benzene rings is 2. The summed E-state index contributed by atoms with van der Waals surface area (Å²) in [4.78, 5) is 13.5. The standard InChI is InChI=1S/C24H23N5O/c1-30-22-12-6-5-11-20(22)17-27-24-28-21(19-9-3-2-4-10-19)14-23(29-24)26-16-18-8-7-13-25-15-18/h2-15H,16-17H2,1H3,(H2,26,27,28,29). The fourth-order valence-electron chi connectivity index (χ4n) is 3.09. The zero-order valence-electron chi connectivity index (χ0n) is 16.7. The molecule has 0 spiro atoms. The van der Waals surface area contributed by atoms with Gasteiger partial charge in [-0.1, -0.05) is 54.6 Å². The van der Waals surface area contributed by atoms with Crippen LogP contribution in [0.5, 0.6) is 5.75 Å². The van der Waals surface area contributed by atoms with E-state index in [2.05, 4.69) is 20.6 Å². The molecule has 0 amide bonds. The van der Waals surface area contributed by atoms with Crippen molar-refractivity contribution in [1.29, 1.82) is 0 Å². The molecule has 0 atom stereocenters. The van der Waals surface area contributed by atoms with E-state index in [9.17, 15) is 0 Å². The van der Waals surface area contributed by atoms with Crippen LogP contribution in [-0.4, -0.2) is 22.1 Å². The summed E-state index contributed by atoms with van der Waals surface area (Å²) >= 11 is 0. The van der Waals surface area contributed by atoms with Crippen LogP contribution in [0.2, 0.25) is 0 Å². The van der Waals surface area contributed by atoms with Gasteiger partial charge in [0.1, 0.15) is 11.6 Å². The maximum atomic E-state index is 5.44. The Balaban J connectivity index is 1.58. The second kappa shape index (κ2) is 9.52. The number of hydrogen-bond acceptors (Lipinski definition) is 6. The topological polar surface area (TPSA) is 72.0 Å². The zero-order chi connectivity index (χ0) is 20.6. The Morgan fingerprint density at radius 2 is 1.67 bits per heavy atom. The third-order valence-corrected chi connectivity index (χ3v) is 4.62. The van der Waals surface area contributed by atoms with Gasteiger partial charge in [-0.3, -0.25) is 4.98 Å². The highest BCUT2D eigenvalue weighted by atomic mass is 16.5. The highest BCUT2D eigenvalue weighted by molar-refractivity contribution is 5.64. The van der Waals surface area contributed by atoms with Crippen molar-refractivity contribution in [2.75, 3.05) is 17.7 Å². The molecular weight excluding hydrogens is 374 g/mol. The van der Waals surface area contributed by atoms with Gasteiger partial charge in [-0.25, -0.2) is 4.98 Å². The van der Waals surface area contributed by atoms with E-state index in [0.29, 0.717) is 19.0 Å². The summed E-state index contributed by atoms with van der Waals surface area (Å²) in [5.74, 6) is 2.13. The summed E-state index contributed by atoms with van der Waals surface area (Å²) in [7, 11) is 1.67. The summed E-state index contributed by atoms with van der Waals surface area (Å²) in [5, 5.41) is 6.71. The number of ether oxygens (including phenoxy) is 1. The van der Waals surface area contributed by atoms with Crippen LogP contribution in [0.3, 0.4) is 0 Å². The predicted molar refractivity (Wildman–Crippen MR) is 119 cm³/mol. The number of anilines is 2. The van der Waals surface area contributed by atoms with Gasteiger partial charge in [0.05, 0.1) is 12.8 Å². The smallest absolute Gasteiger partial charge is 0.225 e. The van der Waals surface area contributed by atoms with Crippen molar-refractivity contribution >= 4 is 11.8 Å². The lowest BCUT2D eigenvalue weighted by Gasteiger charge is -2.13. The van der Waals surface area contributed by atoms with Crippen molar-refractivity contribution in [2.24, 2.45) is 0 Å². The number of pyridine rings is 1. The van der Waals surface area contributed by atoms with Crippen molar-refractivity contribution in [3.63, 3.8) is 0 Å². The molecule has 6 heteroatoms. The second-order valence-corrected chi connectivity index (χ2v) is 6.71. The zero-order valence-corrected chi connectivity index (χ0v) is 16.7. The van der Waals surface area contributed by atoms with Crippen molar-refractivity contribution in [3.8, 4) is 17.0 Å². The number of nitrogens with zero attached hydrogens (tertiary/aromatic N) is 3. The van der Waals surface area contributed by atoms with Gasteiger partial charge in [0.2, 0.25) is 5.95 Å². The van der Waals surface area contributed by atoms with E-state index in [1.165, 1.54) is 0 Å². The lowest BCUT2D eigenvalue weighted by molar-refractivity contribution is 0.410. The van der Waals surface area contributed by atoms with Crippen LogP contribution in [0.4, 0.5) is 11.8 Å². The van der Waals surface area contributed by atoms with Gasteiger partial charge in [-0.2, -0.15) is 4.98 Å². The third kappa shape index (κ3) is 4.91. The number of para-hydroxylation sites is 1. The predicted octanol–water partition coefficient (Wildman–Crippen LogP) is 4.77. The van der Waals surface area contributed by atoms with E-state index in [4.69, 9.17) is 9.72 Å². The van der Waals surface area contributed by atoms with Crippen LogP contribution in [0, 0.1) is 0 Å². The van der Waals surface area contributed by atoms with Crippen LogP contribution in [0.25, 0.3) is 11.3 Å². The number of methoxy groups -OCH3 is 1. The largest absolute Gasteiger partial charge is 0.496 e. The fraction of sp³-hybridized carbons (Fsp3) is 0.125. The van der Waals surface area contributed by atoms with Gasteiger partial charge in [0.25, 0.3) is 0 Å². The highest BCUT2D eigenvalue weighted by Gasteiger charge is 2.08. The number of hydrogen-bond donors (Lipinski definition) is 2. The fourth-order valence-corrected chi connectivity index (χ4v) is 3.09. The molecule has 0 aliphatic carbocycles. The molecule has 0 radical (unpaired) electrons. The Labute approximate surface area is 176 Å². The Morgan fingerprint density at radius 1 is 0.833 bits per heavy atom. The molecule has 0 bridgehead atoms. The van der Waals surface area contributed by atoms with Gasteiger partial charge in [0, 0.05) is 42.7 Å². The molecule has 0 aliphatic rings. The molecule has 0 fully saturated rings. The van der Waals surface area contributed by atoms with Crippen LogP contribution < -0.4 is 15.4 Å². The Hall–Kier alpha value is -3.93. The van der Waals surface area contributed by atoms with Gasteiger partial charge in [-0.15, -0.1) is 0 Å². The molecule has 150 valence electrons. The van der Waals surface area contributed by atoms with Crippen molar-refractivity contribution in [2.45, 2.75) is 13.1 Å². The van der Waals surface area contributed by atoms with Crippen molar-refractivity contribution in [1.82, 2.24) is 15.0 Å². The molecule has 0 saturated carbocycles. The number of aromatic nitrogens is 3. The average molecular weight is 397 g/mol. The van der Waals surface area contributed by atoms with E-state index in [1.54, 1.807) is 13.3 Å². The van der Waals surface area contributed by atoms with Crippen LogP contribution in [0.1, 0.15) is 11.1 Å². The third-order valence-electron chi connectivity index (χ3n) is 4.62.